The highest BCUT2D eigenvalue weighted by molar-refractivity contribution is 6.21. The van der Waals surface area contributed by atoms with Gasteiger partial charge in [-0.25, -0.2) is 0 Å². The Morgan fingerprint density at radius 2 is 1.02 bits per heavy atom. The zero-order valence-corrected chi connectivity index (χ0v) is 24.2. The third kappa shape index (κ3) is 4.30. The Hall–Kier alpha value is -5.21. The molecule has 8 rings (SSSR count). The molecule has 6 aromatic rings. The van der Waals surface area contributed by atoms with Crippen LogP contribution in [-0.2, 0) is 0 Å². The summed E-state index contributed by atoms with van der Waals surface area (Å²) in [5.41, 5.74) is 9.87. The van der Waals surface area contributed by atoms with E-state index in [0.717, 1.165) is 12.1 Å². The highest BCUT2D eigenvalue weighted by atomic mass is 15.3. The minimum Gasteiger partial charge on any atom is -0.337 e. The van der Waals surface area contributed by atoms with Gasteiger partial charge in [-0.2, -0.15) is 0 Å². The number of hydrogen-bond donors (Lipinski definition) is 0. The Balaban J connectivity index is 1.25. The summed E-state index contributed by atoms with van der Waals surface area (Å²) in [7, 11) is 0. The molecule has 6 aromatic carbocycles. The average molecular weight is 553 g/mol. The van der Waals surface area contributed by atoms with Gasteiger partial charge >= 0.3 is 0 Å². The van der Waals surface area contributed by atoms with Crippen LogP contribution in [0.1, 0.15) is 13.3 Å². The van der Waals surface area contributed by atoms with E-state index in [0.29, 0.717) is 0 Å². The number of hydrogen-bond acceptors (Lipinski definition) is 2. The minimum absolute atomic E-state index is 0.160. The Bertz CT molecular complexity index is 1990. The van der Waals surface area contributed by atoms with Crippen molar-refractivity contribution < 1.29 is 0 Å². The fraction of sp³-hybridized carbons (Fsp3) is 0.0976. The summed E-state index contributed by atoms with van der Waals surface area (Å²) in [4.78, 5) is 7.47. The molecule has 0 saturated carbocycles. The maximum Gasteiger partial charge on any atom is 0.122 e. The molecule has 1 aliphatic heterocycles. The molecule has 0 saturated heterocycles. The summed E-state index contributed by atoms with van der Waals surface area (Å²) < 4.78 is 0. The lowest BCUT2D eigenvalue weighted by atomic mass is 9.85. The summed E-state index contributed by atoms with van der Waals surface area (Å²) in [5, 5.41) is 5.09. The lowest BCUT2D eigenvalue weighted by molar-refractivity contribution is 0.633. The lowest BCUT2D eigenvalue weighted by Gasteiger charge is -2.30. The van der Waals surface area contributed by atoms with Crippen molar-refractivity contribution in [1.29, 1.82) is 0 Å². The molecule has 0 fully saturated rings. The first-order valence-electron chi connectivity index (χ1n) is 15.2. The smallest absolute Gasteiger partial charge is 0.122 e. The van der Waals surface area contributed by atoms with E-state index >= 15 is 0 Å². The van der Waals surface area contributed by atoms with Crippen molar-refractivity contribution in [3.05, 3.63) is 152 Å². The molecule has 2 unspecified atom stereocenters. The average Bonchev–Trinajstić information content (AvgIpc) is 3.47. The van der Waals surface area contributed by atoms with Crippen LogP contribution in [0.15, 0.2) is 157 Å². The Morgan fingerprint density at radius 3 is 1.58 bits per heavy atom. The van der Waals surface area contributed by atoms with E-state index in [-0.39, 0.29) is 12.2 Å². The van der Waals surface area contributed by atoms with Crippen LogP contribution in [0.2, 0.25) is 0 Å². The van der Waals surface area contributed by atoms with E-state index < -0.39 is 0 Å². The molecule has 1 aliphatic carbocycles. The Kier molecular flexibility index (Phi) is 6.26. The molecule has 0 N–H and O–H groups in total. The van der Waals surface area contributed by atoms with Crippen molar-refractivity contribution >= 4 is 32.9 Å². The van der Waals surface area contributed by atoms with Crippen LogP contribution in [0.3, 0.4) is 0 Å². The van der Waals surface area contributed by atoms with Crippen LogP contribution in [0, 0.1) is 0 Å². The monoisotopic (exact) mass is 552 g/mol. The summed E-state index contributed by atoms with van der Waals surface area (Å²) in [6, 6.07) is 46.7. The van der Waals surface area contributed by atoms with Gasteiger partial charge in [-0.3, -0.25) is 4.99 Å². The van der Waals surface area contributed by atoms with Gasteiger partial charge in [-0.05, 0) is 79.6 Å². The van der Waals surface area contributed by atoms with E-state index in [9.17, 15) is 0 Å². The molecule has 0 aromatic heterocycles. The van der Waals surface area contributed by atoms with Crippen LogP contribution in [-0.4, -0.2) is 17.9 Å². The largest absolute Gasteiger partial charge is 0.337 e. The van der Waals surface area contributed by atoms with Crippen molar-refractivity contribution in [3.8, 4) is 33.4 Å². The SMILES string of the molecule is CCC1N=C2C=CC=CC2N1c1ccc(-c2c3ccccc3c(-c3ccc(-c4ccccc4)cc3)c3ccccc23)cc1. The topological polar surface area (TPSA) is 15.6 Å². The first kappa shape index (κ1) is 25.5. The fourth-order valence-corrected chi connectivity index (χ4v) is 6.93. The fourth-order valence-electron chi connectivity index (χ4n) is 6.93. The van der Waals surface area contributed by atoms with Gasteiger partial charge in [-0.15, -0.1) is 0 Å². The highest BCUT2D eigenvalue weighted by Crippen LogP contribution is 2.44. The van der Waals surface area contributed by atoms with Crippen LogP contribution < -0.4 is 4.90 Å². The number of allylic oxidation sites excluding steroid dienone is 2. The van der Waals surface area contributed by atoms with Crippen LogP contribution in [0.4, 0.5) is 5.69 Å². The van der Waals surface area contributed by atoms with E-state index in [2.05, 4.69) is 164 Å². The Morgan fingerprint density at radius 1 is 0.535 bits per heavy atom. The molecule has 0 spiro atoms. The molecule has 43 heavy (non-hydrogen) atoms. The lowest BCUT2D eigenvalue weighted by Crippen LogP contribution is -2.39. The second-order valence-corrected chi connectivity index (χ2v) is 11.4. The molecule has 206 valence electrons. The second-order valence-electron chi connectivity index (χ2n) is 11.4. The van der Waals surface area contributed by atoms with Gasteiger partial charge in [0.2, 0.25) is 0 Å². The molecular weight excluding hydrogens is 520 g/mol. The number of nitrogens with zero attached hydrogens (tertiary/aromatic N) is 2. The van der Waals surface area contributed by atoms with E-state index in [1.54, 1.807) is 0 Å². The van der Waals surface area contributed by atoms with Gasteiger partial charge in [0, 0.05) is 5.69 Å². The maximum atomic E-state index is 5.01. The molecule has 0 bridgehead atoms. The molecule has 2 nitrogen and oxygen atoms in total. The number of rotatable bonds is 5. The number of benzene rings is 6. The normalized spacial score (nSPS) is 17.4. The van der Waals surface area contributed by atoms with Crippen molar-refractivity contribution in [3.63, 3.8) is 0 Å². The first-order chi connectivity index (χ1) is 21.3. The molecule has 2 atom stereocenters. The first-order valence-corrected chi connectivity index (χ1v) is 15.2. The zero-order valence-electron chi connectivity index (χ0n) is 24.2. The van der Waals surface area contributed by atoms with Crippen LogP contribution >= 0.6 is 0 Å². The van der Waals surface area contributed by atoms with E-state index in [1.807, 2.05) is 0 Å². The molecular formula is C41H32N2. The van der Waals surface area contributed by atoms with Gasteiger partial charge in [0.05, 0.1) is 11.8 Å². The number of aliphatic imine (C=N–C) groups is 1. The summed E-state index contributed by atoms with van der Waals surface area (Å²) in [6.07, 6.45) is 9.77. The summed E-state index contributed by atoms with van der Waals surface area (Å²) in [6.45, 7) is 2.22. The minimum atomic E-state index is 0.160. The predicted molar refractivity (Wildman–Crippen MR) is 184 cm³/mol. The molecule has 1 heterocycles. The number of anilines is 1. The third-order valence-corrected chi connectivity index (χ3v) is 8.92. The zero-order chi connectivity index (χ0) is 28.8. The maximum absolute atomic E-state index is 5.01. The van der Waals surface area contributed by atoms with Crippen molar-refractivity contribution in [1.82, 2.24) is 0 Å². The summed E-state index contributed by atoms with van der Waals surface area (Å²) in [5.74, 6) is 0. The van der Waals surface area contributed by atoms with Gasteiger partial charge < -0.3 is 4.90 Å². The molecule has 0 radical (unpaired) electrons. The van der Waals surface area contributed by atoms with Crippen molar-refractivity contribution in [2.24, 2.45) is 4.99 Å². The van der Waals surface area contributed by atoms with Gasteiger partial charge in [0.15, 0.2) is 0 Å². The van der Waals surface area contributed by atoms with Crippen LogP contribution in [0.25, 0.3) is 54.9 Å². The summed E-state index contributed by atoms with van der Waals surface area (Å²) >= 11 is 0. The van der Waals surface area contributed by atoms with Gasteiger partial charge in [0.25, 0.3) is 0 Å². The predicted octanol–water partition coefficient (Wildman–Crippen LogP) is 10.5. The third-order valence-electron chi connectivity index (χ3n) is 8.92. The van der Waals surface area contributed by atoms with Crippen molar-refractivity contribution in [2.45, 2.75) is 25.6 Å². The van der Waals surface area contributed by atoms with E-state index in [1.165, 1.54) is 60.6 Å². The van der Waals surface area contributed by atoms with Gasteiger partial charge in [-0.1, -0.05) is 140 Å². The standard InChI is InChI=1S/C41H32N2/c1-2-39-42-37-18-10-11-19-38(37)43(39)32-26-24-31(25-27-32)41-35-16-8-6-14-33(35)40(34-15-7-9-17-36(34)41)30-22-20-29(21-23-30)28-12-4-3-5-13-28/h3-27,38-39H,2H2,1H3. The quantitative estimate of drug-likeness (QED) is 0.194. The highest BCUT2D eigenvalue weighted by Gasteiger charge is 2.33. The van der Waals surface area contributed by atoms with Crippen LogP contribution in [0.5, 0.6) is 0 Å². The number of fused-ring (bicyclic) bond motifs is 3. The second kappa shape index (κ2) is 10.6. The van der Waals surface area contributed by atoms with Crippen molar-refractivity contribution in [2.75, 3.05) is 4.90 Å². The molecule has 2 heteroatoms. The van der Waals surface area contributed by atoms with Gasteiger partial charge in [0.1, 0.15) is 6.17 Å². The molecule has 2 aliphatic rings. The Labute approximate surface area is 253 Å². The molecule has 0 amide bonds. The van der Waals surface area contributed by atoms with E-state index in [4.69, 9.17) is 4.99 Å².